The Morgan fingerprint density at radius 3 is 2.50 bits per heavy atom. The van der Waals surface area contributed by atoms with E-state index in [1.54, 1.807) is 6.07 Å². The van der Waals surface area contributed by atoms with Gasteiger partial charge in [-0.05, 0) is 31.2 Å². The molecule has 0 N–H and O–H groups in total. The fourth-order valence-electron chi connectivity index (χ4n) is 3.11. The van der Waals surface area contributed by atoms with Crippen molar-refractivity contribution < 1.29 is 35.8 Å². The van der Waals surface area contributed by atoms with Crippen LogP contribution in [0.5, 0.6) is 17.4 Å². The van der Waals surface area contributed by atoms with Crippen molar-refractivity contribution >= 4 is 11.6 Å². The summed E-state index contributed by atoms with van der Waals surface area (Å²) in [5.74, 6) is -6.86. The second-order valence-electron chi connectivity index (χ2n) is 7.29. The van der Waals surface area contributed by atoms with Crippen LogP contribution in [0.1, 0.15) is 34.4 Å². The van der Waals surface area contributed by atoms with Crippen molar-refractivity contribution in [1.82, 2.24) is 14.5 Å². The summed E-state index contributed by atoms with van der Waals surface area (Å²) >= 11 is 5.80. The Morgan fingerprint density at radius 1 is 1.22 bits per heavy atom. The van der Waals surface area contributed by atoms with E-state index in [4.69, 9.17) is 21.1 Å². The Kier molecular flexibility index (Phi) is 7.78. The number of nitrogens with zero attached hydrogens (tertiary/aromatic N) is 4. The molecule has 3 rings (SSSR count). The Hall–Kier alpha value is -3.79. The van der Waals surface area contributed by atoms with Crippen LogP contribution < -0.4 is 15.0 Å². The van der Waals surface area contributed by atoms with Crippen molar-refractivity contribution in [2.75, 3.05) is 7.11 Å². The maximum atomic E-state index is 14.3. The first kappa shape index (κ1) is 26.8. The SMILES string of the molecule is COc1nc(Cl)ccc1Cn1cnc(C(F)(F)C(F)F)c(Oc2cc(C(F)F)cc(C#N)c2C)c1=O. The van der Waals surface area contributed by atoms with Crippen LogP contribution in [0.15, 0.2) is 35.4 Å². The highest BCUT2D eigenvalue weighted by molar-refractivity contribution is 6.29. The highest BCUT2D eigenvalue weighted by Gasteiger charge is 2.48. The van der Waals surface area contributed by atoms with E-state index in [-0.39, 0.29) is 34.3 Å². The molecule has 0 unspecified atom stereocenters. The number of ether oxygens (including phenoxy) is 2. The van der Waals surface area contributed by atoms with Crippen LogP contribution in [-0.4, -0.2) is 28.1 Å². The molecule has 3 aromatic rings. The summed E-state index contributed by atoms with van der Waals surface area (Å²) in [5, 5.41) is 9.28. The number of nitriles is 1. The van der Waals surface area contributed by atoms with Crippen molar-refractivity contribution in [2.45, 2.75) is 32.2 Å². The molecule has 0 aliphatic heterocycles. The van der Waals surface area contributed by atoms with Gasteiger partial charge >= 0.3 is 12.3 Å². The molecule has 0 saturated heterocycles. The fraction of sp³-hybridized carbons (Fsp3) is 0.273. The summed E-state index contributed by atoms with van der Waals surface area (Å²) in [6, 6.07) is 5.98. The Balaban J connectivity index is 2.22. The van der Waals surface area contributed by atoms with Gasteiger partial charge in [0.05, 0.1) is 31.6 Å². The number of methoxy groups -OCH3 is 1. The molecule has 0 fully saturated rings. The summed E-state index contributed by atoms with van der Waals surface area (Å²) in [5.41, 5.74) is -3.90. The van der Waals surface area contributed by atoms with Gasteiger partial charge in [-0.25, -0.2) is 27.5 Å². The zero-order valence-corrected chi connectivity index (χ0v) is 19.2. The molecule has 190 valence electrons. The van der Waals surface area contributed by atoms with Crippen LogP contribution in [0.25, 0.3) is 0 Å². The third kappa shape index (κ3) is 5.23. The van der Waals surface area contributed by atoms with Crippen LogP contribution in [-0.2, 0) is 12.5 Å². The van der Waals surface area contributed by atoms with Gasteiger partial charge in [0, 0.05) is 16.7 Å². The molecule has 0 aliphatic carbocycles. The number of halogens is 7. The Bertz CT molecular complexity index is 1390. The van der Waals surface area contributed by atoms with E-state index in [0.29, 0.717) is 12.4 Å². The Labute approximate surface area is 204 Å². The number of aromatic nitrogens is 3. The lowest BCUT2D eigenvalue weighted by Gasteiger charge is -2.20. The number of rotatable bonds is 8. The van der Waals surface area contributed by atoms with Gasteiger partial charge in [-0.1, -0.05) is 11.6 Å². The molecule has 14 heteroatoms. The zero-order chi connectivity index (χ0) is 26.8. The van der Waals surface area contributed by atoms with Gasteiger partial charge in [-0.15, -0.1) is 0 Å². The third-order valence-corrected chi connectivity index (χ3v) is 5.20. The molecule has 2 heterocycles. The van der Waals surface area contributed by atoms with E-state index in [9.17, 15) is 36.4 Å². The minimum absolute atomic E-state index is 0.0157. The van der Waals surface area contributed by atoms with Gasteiger partial charge in [0.25, 0.3) is 12.0 Å². The quantitative estimate of drug-likeness (QED) is 0.276. The highest BCUT2D eigenvalue weighted by atomic mass is 35.5. The fourth-order valence-corrected chi connectivity index (χ4v) is 3.25. The van der Waals surface area contributed by atoms with Crippen molar-refractivity contribution in [1.29, 1.82) is 5.26 Å². The lowest BCUT2D eigenvalue weighted by atomic mass is 10.0. The van der Waals surface area contributed by atoms with Crippen molar-refractivity contribution in [2.24, 2.45) is 0 Å². The van der Waals surface area contributed by atoms with Gasteiger partial charge in [-0.2, -0.15) is 14.0 Å². The van der Waals surface area contributed by atoms with Gasteiger partial charge in [0.2, 0.25) is 11.6 Å². The van der Waals surface area contributed by atoms with E-state index in [1.165, 1.54) is 26.2 Å². The molecule has 0 aliphatic rings. The van der Waals surface area contributed by atoms with E-state index in [2.05, 4.69) is 9.97 Å². The van der Waals surface area contributed by atoms with E-state index in [1.807, 2.05) is 0 Å². The van der Waals surface area contributed by atoms with Gasteiger partial charge in [0.1, 0.15) is 10.9 Å². The summed E-state index contributed by atoms with van der Waals surface area (Å²) in [7, 11) is 1.26. The topological polar surface area (TPSA) is 90.0 Å². The zero-order valence-electron chi connectivity index (χ0n) is 18.4. The average Bonchev–Trinajstić information content (AvgIpc) is 2.83. The van der Waals surface area contributed by atoms with Crippen molar-refractivity contribution in [3.8, 4) is 23.4 Å². The lowest BCUT2D eigenvalue weighted by Crippen LogP contribution is -2.32. The number of hydrogen-bond donors (Lipinski definition) is 0. The molecule has 0 bridgehead atoms. The molecule has 0 atom stereocenters. The van der Waals surface area contributed by atoms with E-state index < -0.39 is 47.1 Å². The largest absolute Gasteiger partial charge is 0.481 e. The summed E-state index contributed by atoms with van der Waals surface area (Å²) < 4.78 is 92.7. The standard InChI is InChI=1S/C22H15ClF6N4O3/c1-10-13(7-30)5-12(18(24)25)6-14(10)36-16-17(22(28,29)21(26)27)31-9-33(20(16)34)8-11-3-4-15(23)32-19(11)35-2/h3-6,9,18,21H,8H2,1-2H3. The molecular formula is C22H15ClF6N4O3. The van der Waals surface area contributed by atoms with Crippen molar-refractivity contribution in [3.63, 3.8) is 0 Å². The first-order chi connectivity index (χ1) is 16.9. The number of alkyl halides is 6. The predicted molar refractivity (Wildman–Crippen MR) is 114 cm³/mol. The highest BCUT2D eigenvalue weighted by Crippen LogP contribution is 2.39. The van der Waals surface area contributed by atoms with Crippen LogP contribution >= 0.6 is 11.6 Å². The second-order valence-corrected chi connectivity index (χ2v) is 7.67. The molecule has 2 aromatic heterocycles. The lowest BCUT2D eigenvalue weighted by molar-refractivity contribution is -0.139. The van der Waals surface area contributed by atoms with Crippen LogP contribution in [0.4, 0.5) is 26.3 Å². The first-order valence-corrected chi connectivity index (χ1v) is 10.2. The van der Waals surface area contributed by atoms with Gasteiger partial charge < -0.3 is 9.47 Å². The first-order valence-electron chi connectivity index (χ1n) is 9.86. The molecule has 1 aromatic carbocycles. The second kappa shape index (κ2) is 10.4. The average molecular weight is 533 g/mol. The van der Waals surface area contributed by atoms with E-state index >= 15 is 0 Å². The molecular weight excluding hydrogens is 518 g/mol. The predicted octanol–water partition coefficient (Wildman–Crippen LogP) is 5.62. The van der Waals surface area contributed by atoms with Crippen molar-refractivity contribution in [3.05, 3.63) is 74.0 Å². The smallest absolute Gasteiger partial charge is 0.352 e. The summed E-state index contributed by atoms with van der Waals surface area (Å²) in [6.07, 6.45) is -6.76. The molecule has 7 nitrogen and oxygen atoms in total. The summed E-state index contributed by atoms with van der Waals surface area (Å²) in [6.45, 7) is 0.864. The third-order valence-electron chi connectivity index (χ3n) is 4.99. The van der Waals surface area contributed by atoms with Crippen LogP contribution in [0, 0.1) is 18.3 Å². The minimum Gasteiger partial charge on any atom is -0.481 e. The van der Waals surface area contributed by atoms with Gasteiger partial charge in [-0.3, -0.25) is 9.36 Å². The number of benzene rings is 1. The molecule has 0 saturated carbocycles. The van der Waals surface area contributed by atoms with Gasteiger partial charge in [0.15, 0.2) is 5.69 Å². The Morgan fingerprint density at radius 2 is 1.92 bits per heavy atom. The molecule has 36 heavy (non-hydrogen) atoms. The minimum atomic E-state index is -4.93. The number of pyridine rings is 1. The maximum absolute atomic E-state index is 14.3. The van der Waals surface area contributed by atoms with Crippen LogP contribution in [0.3, 0.4) is 0 Å². The monoisotopic (exact) mass is 532 g/mol. The molecule has 0 amide bonds. The summed E-state index contributed by atoms with van der Waals surface area (Å²) in [4.78, 5) is 20.4. The molecule has 0 spiro atoms. The molecule has 0 radical (unpaired) electrons. The maximum Gasteiger partial charge on any atom is 0.352 e. The number of hydrogen-bond acceptors (Lipinski definition) is 6. The van der Waals surface area contributed by atoms with E-state index in [0.717, 1.165) is 10.6 Å². The van der Waals surface area contributed by atoms with Crippen LogP contribution in [0.2, 0.25) is 5.15 Å². The normalized spacial score (nSPS) is 11.6.